The quantitative estimate of drug-likeness (QED) is 0.405. The summed E-state index contributed by atoms with van der Waals surface area (Å²) in [4.78, 5) is 0. The van der Waals surface area contributed by atoms with Gasteiger partial charge in [0.1, 0.15) is 17.0 Å². The predicted octanol–water partition coefficient (Wildman–Crippen LogP) is 5.82. The lowest BCUT2D eigenvalue weighted by Gasteiger charge is -2.11. The first-order chi connectivity index (χ1) is 13.2. The zero-order valence-corrected chi connectivity index (χ0v) is 15.0. The largest absolute Gasteiger partial charge is 0.508 e. The second-order valence-electron chi connectivity index (χ2n) is 6.66. The minimum absolute atomic E-state index is 0.218. The molecule has 4 heteroatoms. The van der Waals surface area contributed by atoms with Crippen molar-refractivity contribution in [2.45, 2.75) is 6.92 Å². The second kappa shape index (κ2) is 5.74. The van der Waals surface area contributed by atoms with Crippen LogP contribution in [0.15, 0.2) is 65.2 Å². The molecule has 1 heterocycles. The van der Waals surface area contributed by atoms with E-state index in [1.165, 1.54) is 0 Å². The molecular formula is C23H17NO3. The zero-order valence-electron chi connectivity index (χ0n) is 15.0. The number of methoxy groups -OCH3 is 1. The van der Waals surface area contributed by atoms with Gasteiger partial charge in [-0.2, -0.15) is 0 Å². The van der Waals surface area contributed by atoms with Gasteiger partial charge in [-0.25, -0.2) is 0 Å². The third-order valence-electron chi connectivity index (χ3n) is 5.12. The van der Waals surface area contributed by atoms with Crippen molar-refractivity contribution in [1.29, 1.82) is 0 Å². The van der Waals surface area contributed by atoms with Crippen molar-refractivity contribution < 1.29 is 14.4 Å². The van der Waals surface area contributed by atoms with E-state index in [2.05, 4.69) is 36.3 Å². The van der Waals surface area contributed by atoms with Crippen molar-refractivity contribution in [3.05, 3.63) is 66.2 Å². The van der Waals surface area contributed by atoms with Gasteiger partial charge in [0.2, 0.25) is 0 Å². The van der Waals surface area contributed by atoms with Crippen LogP contribution in [-0.4, -0.2) is 17.4 Å². The Hall–Kier alpha value is -3.53. The Morgan fingerprint density at radius 1 is 0.852 bits per heavy atom. The van der Waals surface area contributed by atoms with Gasteiger partial charge in [-0.1, -0.05) is 35.5 Å². The van der Waals surface area contributed by atoms with Gasteiger partial charge >= 0.3 is 0 Å². The summed E-state index contributed by atoms with van der Waals surface area (Å²) in [6.45, 7) is 2.10. The fourth-order valence-electron chi connectivity index (χ4n) is 3.90. The highest BCUT2D eigenvalue weighted by Gasteiger charge is 2.21. The molecule has 5 aromatic rings. The van der Waals surface area contributed by atoms with Crippen molar-refractivity contribution in [3.63, 3.8) is 0 Å². The van der Waals surface area contributed by atoms with Gasteiger partial charge in [-0.3, -0.25) is 0 Å². The molecule has 0 saturated carbocycles. The van der Waals surface area contributed by atoms with Crippen LogP contribution in [0.3, 0.4) is 0 Å². The number of fused-ring (bicyclic) bond motifs is 6. The maximum Gasteiger partial charge on any atom is 0.175 e. The van der Waals surface area contributed by atoms with Gasteiger partial charge in [0.25, 0.3) is 0 Å². The summed E-state index contributed by atoms with van der Waals surface area (Å²) in [6.07, 6.45) is 0. The van der Waals surface area contributed by atoms with Crippen LogP contribution in [0.1, 0.15) is 5.56 Å². The van der Waals surface area contributed by atoms with Crippen LogP contribution in [-0.2, 0) is 0 Å². The van der Waals surface area contributed by atoms with Crippen LogP contribution in [0.4, 0.5) is 0 Å². The van der Waals surface area contributed by atoms with E-state index in [1.54, 1.807) is 19.2 Å². The molecule has 0 aliphatic rings. The Morgan fingerprint density at radius 3 is 2.30 bits per heavy atom. The van der Waals surface area contributed by atoms with E-state index in [-0.39, 0.29) is 5.75 Å². The van der Waals surface area contributed by atoms with Crippen molar-refractivity contribution in [1.82, 2.24) is 5.16 Å². The number of benzene rings is 4. The molecule has 0 bridgehead atoms. The van der Waals surface area contributed by atoms with Crippen LogP contribution >= 0.6 is 0 Å². The maximum atomic E-state index is 9.63. The summed E-state index contributed by atoms with van der Waals surface area (Å²) < 4.78 is 11.5. The van der Waals surface area contributed by atoms with Gasteiger partial charge < -0.3 is 14.4 Å². The summed E-state index contributed by atoms with van der Waals surface area (Å²) in [5.41, 5.74) is 2.81. The van der Waals surface area contributed by atoms with E-state index >= 15 is 0 Å². The van der Waals surface area contributed by atoms with Crippen molar-refractivity contribution in [3.8, 4) is 22.8 Å². The molecule has 0 saturated heterocycles. The van der Waals surface area contributed by atoms with Crippen LogP contribution in [0.2, 0.25) is 0 Å². The zero-order chi connectivity index (χ0) is 18.5. The number of aryl methyl sites for hydroxylation is 1. The molecule has 132 valence electrons. The summed E-state index contributed by atoms with van der Waals surface area (Å²) >= 11 is 0. The fraction of sp³-hybridized carbons (Fsp3) is 0.0870. The van der Waals surface area contributed by atoms with Crippen LogP contribution in [0.25, 0.3) is 43.8 Å². The molecule has 4 aromatic carbocycles. The first kappa shape index (κ1) is 15.7. The lowest BCUT2D eigenvalue weighted by atomic mass is 9.93. The normalized spacial score (nSPS) is 11.5. The third kappa shape index (κ3) is 2.20. The number of hydrogen-bond donors (Lipinski definition) is 1. The highest BCUT2D eigenvalue weighted by molar-refractivity contribution is 6.28. The Labute approximate surface area is 155 Å². The van der Waals surface area contributed by atoms with Crippen molar-refractivity contribution >= 4 is 32.4 Å². The Kier molecular flexibility index (Phi) is 3.34. The highest BCUT2D eigenvalue weighted by Crippen LogP contribution is 2.44. The first-order valence-electron chi connectivity index (χ1n) is 8.76. The summed E-state index contributed by atoms with van der Waals surface area (Å²) in [5, 5.41) is 19.3. The fourth-order valence-corrected chi connectivity index (χ4v) is 3.90. The van der Waals surface area contributed by atoms with E-state index < -0.39 is 0 Å². The van der Waals surface area contributed by atoms with E-state index in [9.17, 15) is 5.11 Å². The second-order valence-corrected chi connectivity index (χ2v) is 6.66. The van der Waals surface area contributed by atoms with Crippen LogP contribution in [0.5, 0.6) is 11.5 Å². The van der Waals surface area contributed by atoms with Crippen LogP contribution in [0, 0.1) is 6.92 Å². The molecule has 0 spiro atoms. The summed E-state index contributed by atoms with van der Waals surface area (Å²) in [5.74, 6) is 1.68. The molecular weight excluding hydrogens is 338 g/mol. The molecule has 0 fully saturated rings. The van der Waals surface area contributed by atoms with Gasteiger partial charge in [0.15, 0.2) is 5.76 Å². The lowest BCUT2D eigenvalue weighted by molar-refractivity contribution is 0.419. The van der Waals surface area contributed by atoms with E-state index in [0.29, 0.717) is 5.76 Å². The van der Waals surface area contributed by atoms with Gasteiger partial charge in [0.05, 0.1) is 17.9 Å². The lowest BCUT2D eigenvalue weighted by Crippen LogP contribution is -1.89. The standard InChI is InChI=1S/C23H17NO3/c1-13-5-3-6-16-17-7-4-8-18(26-2)20(17)22-21(19(13)16)23(27-24-22)14-9-11-15(25)12-10-14/h3-12,25H,1-2H3. The number of aromatic hydroxyl groups is 1. The first-order valence-corrected chi connectivity index (χ1v) is 8.76. The smallest absolute Gasteiger partial charge is 0.175 e. The van der Waals surface area contributed by atoms with E-state index in [0.717, 1.165) is 49.3 Å². The Morgan fingerprint density at radius 2 is 1.56 bits per heavy atom. The highest BCUT2D eigenvalue weighted by atomic mass is 16.5. The molecule has 1 N–H and O–H groups in total. The Balaban J connectivity index is 2.05. The summed E-state index contributed by atoms with van der Waals surface area (Å²) in [6, 6.07) is 19.3. The minimum atomic E-state index is 0.218. The maximum absolute atomic E-state index is 9.63. The average molecular weight is 355 g/mol. The number of phenols is 1. The molecule has 1 aromatic heterocycles. The van der Waals surface area contributed by atoms with E-state index in [4.69, 9.17) is 9.26 Å². The predicted molar refractivity (Wildman–Crippen MR) is 107 cm³/mol. The molecule has 0 aliphatic carbocycles. The number of nitrogens with zero attached hydrogens (tertiary/aromatic N) is 1. The molecule has 5 rings (SSSR count). The SMILES string of the molecule is COc1cccc2c3cccc(C)c3c3c(-c4ccc(O)cc4)onc3c12. The van der Waals surface area contributed by atoms with Crippen LogP contribution < -0.4 is 4.74 Å². The molecule has 0 atom stereocenters. The minimum Gasteiger partial charge on any atom is -0.508 e. The number of rotatable bonds is 2. The number of aromatic nitrogens is 1. The molecule has 0 aliphatic heterocycles. The molecule has 27 heavy (non-hydrogen) atoms. The molecule has 0 unspecified atom stereocenters. The summed E-state index contributed by atoms with van der Waals surface area (Å²) in [7, 11) is 1.67. The van der Waals surface area contributed by atoms with Gasteiger partial charge in [-0.15, -0.1) is 0 Å². The molecule has 0 radical (unpaired) electrons. The van der Waals surface area contributed by atoms with Crippen molar-refractivity contribution in [2.75, 3.05) is 7.11 Å². The number of phenolic OH excluding ortho intramolecular Hbond substituents is 1. The van der Waals surface area contributed by atoms with Crippen molar-refractivity contribution in [2.24, 2.45) is 0 Å². The van der Waals surface area contributed by atoms with Gasteiger partial charge in [-0.05, 0) is 59.0 Å². The third-order valence-corrected chi connectivity index (χ3v) is 5.12. The monoisotopic (exact) mass is 355 g/mol. The Bertz CT molecular complexity index is 1320. The van der Waals surface area contributed by atoms with E-state index in [1.807, 2.05) is 24.3 Å². The topological polar surface area (TPSA) is 55.5 Å². The molecule has 0 amide bonds. The average Bonchev–Trinajstić information content (AvgIpc) is 3.13. The number of ether oxygens (including phenoxy) is 1. The van der Waals surface area contributed by atoms with Gasteiger partial charge in [0, 0.05) is 5.56 Å². The number of hydrogen-bond acceptors (Lipinski definition) is 4. The molecule has 4 nitrogen and oxygen atoms in total.